The van der Waals surface area contributed by atoms with Gasteiger partial charge in [-0.3, -0.25) is 0 Å². The van der Waals surface area contributed by atoms with Crippen LogP contribution in [0.15, 0.2) is 18.2 Å². The summed E-state index contributed by atoms with van der Waals surface area (Å²) in [4.78, 5) is 0. The van der Waals surface area contributed by atoms with Crippen molar-refractivity contribution < 1.29 is 4.39 Å². The largest absolute Gasteiger partial charge is 0.330 e. The number of nitrogens with two attached hydrogens (primary N) is 1. The van der Waals surface area contributed by atoms with Gasteiger partial charge in [0.25, 0.3) is 0 Å². The Kier molecular flexibility index (Phi) is 3.06. The second-order valence-electron chi connectivity index (χ2n) is 5.17. The van der Waals surface area contributed by atoms with Crippen molar-refractivity contribution in [2.75, 3.05) is 6.54 Å². The van der Waals surface area contributed by atoms with Crippen molar-refractivity contribution in [3.8, 4) is 11.4 Å². The Morgan fingerprint density at radius 2 is 2.26 bits per heavy atom. The summed E-state index contributed by atoms with van der Waals surface area (Å²) in [5, 5.41) is 8.35. The smallest absolute Gasteiger partial charge is 0.166 e. The third kappa shape index (κ3) is 2.14. The Morgan fingerprint density at radius 3 is 3.05 bits per heavy atom. The fourth-order valence-electron chi connectivity index (χ4n) is 2.60. The van der Waals surface area contributed by atoms with Crippen LogP contribution in [0.1, 0.15) is 17.8 Å². The summed E-state index contributed by atoms with van der Waals surface area (Å²) >= 11 is 0. The highest BCUT2D eigenvalue weighted by Crippen LogP contribution is 2.27. The van der Waals surface area contributed by atoms with Gasteiger partial charge < -0.3 is 10.3 Å². The number of fused-ring (bicyclic) bond motifs is 1. The van der Waals surface area contributed by atoms with Gasteiger partial charge in [0.2, 0.25) is 0 Å². The SMILES string of the molecule is Cc1ccc(F)c(-c2nnc3n2CC(CN)CC3)c1. The van der Waals surface area contributed by atoms with Crippen molar-refractivity contribution in [3.63, 3.8) is 0 Å². The second-order valence-corrected chi connectivity index (χ2v) is 5.17. The first-order valence-corrected chi connectivity index (χ1v) is 6.57. The Labute approximate surface area is 111 Å². The van der Waals surface area contributed by atoms with Gasteiger partial charge in [-0.2, -0.15) is 0 Å². The maximum atomic E-state index is 14.0. The van der Waals surface area contributed by atoms with Crippen LogP contribution in [0.3, 0.4) is 0 Å². The van der Waals surface area contributed by atoms with Gasteiger partial charge >= 0.3 is 0 Å². The Balaban J connectivity index is 2.07. The van der Waals surface area contributed by atoms with Gasteiger partial charge in [0.15, 0.2) is 5.82 Å². The Bertz CT molecular complexity index is 605. The van der Waals surface area contributed by atoms with Gasteiger partial charge in [0.05, 0.1) is 5.56 Å². The third-order valence-corrected chi connectivity index (χ3v) is 3.74. The lowest BCUT2D eigenvalue weighted by Crippen LogP contribution is -2.26. The van der Waals surface area contributed by atoms with Gasteiger partial charge in [0.1, 0.15) is 11.6 Å². The molecular weight excluding hydrogens is 243 g/mol. The second kappa shape index (κ2) is 4.74. The molecule has 0 spiro atoms. The molecule has 0 saturated carbocycles. The average molecular weight is 260 g/mol. The third-order valence-electron chi connectivity index (χ3n) is 3.74. The van der Waals surface area contributed by atoms with E-state index in [0.29, 0.717) is 23.9 Å². The minimum Gasteiger partial charge on any atom is -0.330 e. The molecule has 0 saturated heterocycles. The van der Waals surface area contributed by atoms with Crippen LogP contribution in [0, 0.1) is 18.7 Å². The molecule has 2 heterocycles. The number of aryl methyl sites for hydroxylation is 2. The number of benzene rings is 1. The highest BCUT2D eigenvalue weighted by molar-refractivity contribution is 5.57. The van der Waals surface area contributed by atoms with Crippen LogP contribution in [-0.4, -0.2) is 21.3 Å². The van der Waals surface area contributed by atoms with Gasteiger partial charge in [-0.05, 0) is 37.9 Å². The predicted molar refractivity (Wildman–Crippen MR) is 71.0 cm³/mol. The lowest BCUT2D eigenvalue weighted by Gasteiger charge is -2.23. The van der Waals surface area contributed by atoms with Crippen LogP contribution in [0.2, 0.25) is 0 Å². The zero-order chi connectivity index (χ0) is 13.4. The molecule has 2 N–H and O–H groups in total. The number of rotatable bonds is 2. The Hall–Kier alpha value is -1.75. The molecule has 0 fully saturated rings. The van der Waals surface area contributed by atoms with E-state index in [2.05, 4.69) is 10.2 Å². The van der Waals surface area contributed by atoms with E-state index in [1.165, 1.54) is 6.07 Å². The topological polar surface area (TPSA) is 56.7 Å². The molecule has 0 radical (unpaired) electrons. The molecule has 19 heavy (non-hydrogen) atoms. The molecule has 5 heteroatoms. The highest BCUT2D eigenvalue weighted by Gasteiger charge is 2.23. The summed E-state index contributed by atoms with van der Waals surface area (Å²) in [6, 6.07) is 5.06. The first kappa shape index (κ1) is 12.3. The van der Waals surface area contributed by atoms with Crippen molar-refractivity contribution >= 4 is 0 Å². The minimum atomic E-state index is -0.254. The van der Waals surface area contributed by atoms with Crippen LogP contribution in [0.4, 0.5) is 4.39 Å². The van der Waals surface area contributed by atoms with Crippen molar-refractivity contribution in [2.24, 2.45) is 11.7 Å². The fourth-order valence-corrected chi connectivity index (χ4v) is 2.60. The molecule has 4 nitrogen and oxygen atoms in total. The molecular formula is C14H17FN4. The van der Waals surface area contributed by atoms with Crippen molar-refractivity contribution in [3.05, 3.63) is 35.4 Å². The summed E-state index contributed by atoms with van der Waals surface area (Å²) in [6.45, 7) is 3.37. The molecule has 1 unspecified atom stereocenters. The molecule has 1 aromatic heterocycles. The average Bonchev–Trinajstić information content (AvgIpc) is 2.84. The molecule has 3 rings (SSSR count). The summed E-state index contributed by atoms with van der Waals surface area (Å²) in [7, 11) is 0. The highest BCUT2D eigenvalue weighted by atomic mass is 19.1. The van der Waals surface area contributed by atoms with Gasteiger partial charge in [-0.25, -0.2) is 4.39 Å². The van der Waals surface area contributed by atoms with Crippen LogP contribution in [0.25, 0.3) is 11.4 Å². The minimum absolute atomic E-state index is 0.254. The first-order chi connectivity index (χ1) is 9.19. The zero-order valence-corrected chi connectivity index (χ0v) is 10.9. The number of halogens is 1. The van der Waals surface area contributed by atoms with E-state index >= 15 is 0 Å². The number of hydrogen-bond acceptors (Lipinski definition) is 3. The summed E-state index contributed by atoms with van der Waals surface area (Å²) < 4.78 is 16.0. The summed E-state index contributed by atoms with van der Waals surface area (Å²) in [5.41, 5.74) is 7.28. The van der Waals surface area contributed by atoms with Gasteiger partial charge in [0, 0.05) is 13.0 Å². The molecule has 2 aromatic rings. The fraction of sp³-hybridized carbons (Fsp3) is 0.429. The predicted octanol–water partition coefficient (Wildman–Crippen LogP) is 1.91. The molecule has 0 aliphatic carbocycles. The Morgan fingerprint density at radius 1 is 1.42 bits per heavy atom. The van der Waals surface area contributed by atoms with Crippen LogP contribution in [0.5, 0.6) is 0 Å². The van der Waals surface area contributed by atoms with E-state index in [-0.39, 0.29) is 5.82 Å². The normalized spacial score (nSPS) is 18.4. The van der Waals surface area contributed by atoms with E-state index in [9.17, 15) is 4.39 Å². The number of nitrogens with zero attached hydrogens (tertiary/aromatic N) is 3. The molecule has 1 aliphatic rings. The number of hydrogen-bond donors (Lipinski definition) is 1. The zero-order valence-electron chi connectivity index (χ0n) is 10.9. The van der Waals surface area contributed by atoms with Crippen molar-refractivity contribution in [1.82, 2.24) is 14.8 Å². The van der Waals surface area contributed by atoms with Gasteiger partial charge in [-0.15, -0.1) is 10.2 Å². The van der Waals surface area contributed by atoms with Gasteiger partial charge in [-0.1, -0.05) is 11.6 Å². The van der Waals surface area contributed by atoms with E-state index in [1.54, 1.807) is 6.07 Å². The molecule has 100 valence electrons. The molecule has 1 atom stereocenters. The van der Waals surface area contributed by atoms with Crippen LogP contribution < -0.4 is 5.73 Å². The standard InChI is InChI=1S/C14H17FN4/c1-9-2-4-12(15)11(6-9)14-18-17-13-5-3-10(7-16)8-19(13)14/h2,4,6,10H,3,5,7-8,16H2,1H3. The van der Waals surface area contributed by atoms with E-state index in [1.807, 2.05) is 17.6 Å². The first-order valence-electron chi connectivity index (χ1n) is 6.57. The van der Waals surface area contributed by atoms with Crippen molar-refractivity contribution in [2.45, 2.75) is 26.3 Å². The molecule has 0 amide bonds. The van der Waals surface area contributed by atoms with E-state index < -0.39 is 0 Å². The van der Waals surface area contributed by atoms with Crippen LogP contribution in [-0.2, 0) is 13.0 Å². The molecule has 1 aliphatic heterocycles. The summed E-state index contributed by atoms with van der Waals surface area (Å²) in [6.07, 6.45) is 1.90. The quantitative estimate of drug-likeness (QED) is 0.897. The maximum absolute atomic E-state index is 14.0. The number of aromatic nitrogens is 3. The monoisotopic (exact) mass is 260 g/mol. The van der Waals surface area contributed by atoms with Crippen molar-refractivity contribution in [1.29, 1.82) is 0 Å². The molecule has 1 aromatic carbocycles. The van der Waals surface area contributed by atoms with E-state index in [4.69, 9.17) is 5.73 Å². The van der Waals surface area contributed by atoms with Crippen LogP contribution >= 0.6 is 0 Å². The summed E-state index contributed by atoms with van der Waals surface area (Å²) in [5.74, 6) is 1.72. The lowest BCUT2D eigenvalue weighted by atomic mass is 9.99. The lowest BCUT2D eigenvalue weighted by molar-refractivity contribution is 0.375. The maximum Gasteiger partial charge on any atom is 0.166 e. The molecule has 0 bridgehead atoms. The van der Waals surface area contributed by atoms with E-state index in [0.717, 1.165) is 30.8 Å².